The molecule has 0 amide bonds. The third-order valence-electron chi connectivity index (χ3n) is 2.92. The Morgan fingerprint density at radius 2 is 2.00 bits per heavy atom. The average Bonchev–Trinajstić information content (AvgIpc) is 3.06. The average molecular weight is 241 g/mol. The second-order valence-electron chi connectivity index (χ2n) is 4.23. The van der Waals surface area contributed by atoms with Crippen LogP contribution in [0.15, 0.2) is 18.2 Å². The van der Waals surface area contributed by atoms with E-state index in [4.69, 9.17) is 5.11 Å². The molecule has 1 aromatic carbocycles. The topological polar surface area (TPSA) is 49.3 Å². The molecule has 0 spiro atoms. The van der Waals surface area contributed by atoms with Gasteiger partial charge in [-0.1, -0.05) is 6.07 Å². The van der Waals surface area contributed by atoms with Crippen LogP contribution in [0.4, 0.5) is 8.78 Å². The van der Waals surface area contributed by atoms with E-state index in [0.29, 0.717) is 0 Å². The van der Waals surface area contributed by atoms with Gasteiger partial charge in [0.15, 0.2) is 0 Å². The molecule has 0 radical (unpaired) electrons. The smallest absolute Gasteiger partial charge is 0.320 e. The lowest BCUT2D eigenvalue weighted by molar-refractivity contribution is -0.140. The van der Waals surface area contributed by atoms with E-state index in [1.807, 2.05) is 0 Å². The summed E-state index contributed by atoms with van der Waals surface area (Å²) in [5, 5.41) is 11.6. The van der Waals surface area contributed by atoms with Gasteiger partial charge in [-0.25, -0.2) is 8.78 Å². The van der Waals surface area contributed by atoms with Crippen LogP contribution in [0, 0.1) is 17.6 Å². The number of hydrogen-bond acceptors (Lipinski definition) is 2. The Labute approximate surface area is 97.5 Å². The first-order valence-corrected chi connectivity index (χ1v) is 5.48. The molecule has 92 valence electrons. The van der Waals surface area contributed by atoms with Gasteiger partial charge >= 0.3 is 5.97 Å². The third-order valence-corrected chi connectivity index (χ3v) is 2.92. The van der Waals surface area contributed by atoms with Gasteiger partial charge in [0.25, 0.3) is 0 Å². The summed E-state index contributed by atoms with van der Waals surface area (Å²) in [6.07, 6.45) is 1.70. The van der Waals surface area contributed by atoms with Crippen LogP contribution in [-0.4, -0.2) is 17.1 Å². The Bertz CT molecular complexity index is 412. The minimum atomic E-state index is -0.968. The molecule has 1 aliphatic rings. The minimum absolute atomic E-state index is 0.0855. The molecule has 0 aliphatic heterocycles. The third kappa shape index (κ3) is 2.79. The maximum absolute atomic E-state index is 13.3. The Balaban J connectivity index is 2.03. The van der Waals surface area contributed by atoms with Gasteiger partial charge in [0.05, 0.1) is 0 Å². The number of rotatable bonds is 5. The van der Waals surface area contributed by atoms with Gasteiger partial charge in [-0.15, -0.1) is 0 Å². The zero-order valence-corrected chi connectivity index (χ0v) is 9.12. The molecule has 2 N–H and O–H groups in total. The number of carbonyl (C=O) groups is 1. The second kappa shape index (κ2) is 4.79. The molecule has 1 atom stereocenters. The molecular weight excluding hydrogens is 228 g/mol. The number of carboxylic acid groups (broad SMARTS) is 1. The van der Waals surface area contributed by atoms with Gasteiger partial charge in [0.2, 0.25) is 0 Å². The fraction of sp³-hybridized carbons (Fsp3) is 0.417. The predicted octanol–water partition coefficient (Wildman–Crippen LogP) is 1.92. The molecule has 1 saturated carbocycles. The van der Waals surface area contributed by atoms with Crippen molar-refractivity contribution in [1.29, 1.82) is 0 Å². The van der Waals surface area contributed by atoms with Crippen LogP contribution in [0.25, 0.3) is 0 Å². The van der Waals surface area contributed by atoms with E-state index in [2.05, 4.69) is 5.32 Å². The molecule has 5 heteroatoms. The normalized spacial score (nSPS) is 16.8. The van der Waals surface area contributed by atoms with E-state index in [1.54, 1.807) is 0 Å². The Morgan fingerprint density at radius 1 is 1.41 bits per heavy atom. The highest BCUT2D eigenvalue weighted by atomic mass is 19.1. The van der Waals surface area contributed by atoms with Crippen molar-refractivity contribution in [3.05, 3.63) is 35.4 Å². The largest absolute Gasteiger partial charge is 0.480 e. The van der Waals surface area contributed by atoms with Crippen molar-refractivity contribution < 1.29 is 18.7 Å². The van der Waals surface area contributed by atoms with E-state index in [1.165, 1.54) is 6.07 Å². The van der Waals surface area contributed by atoms with Crippen LogP contribution in [-0.2, 0) is 11.3 Å². The van der Waals surface area contributed by atoms with Crippen LogP contribution in [0.2, 0.25) is 0 Å². The molecule has 0 saturated heterocycles. The summed E-state index contributed by atoms with van der Waals surface area (Å²) in [5.74, 6) is -2.19. The maximum atomic E-state index is 13.3. The molecule has 1 aliphatic carbocycles. The zero-order valence-electron chi connectivity index (χ0n) is 9.12. The standard InChI is InChI=1S/C12H13F2NO2/c13-9-2-1-3-10(14)8(9)6-15-11(12(16)17)7-4-5-7/h1-3,7,11,15H,4-6H2,(H,16,17). The Hall–Kier alpha value is -1.49. The van der Waals surface area contributed by atoms with Crippen molar-refractivity contribution in [1.82, 2.24) is 5.32 Å². The highest BCUT2D eigenvalue weighted by Crippen LogP contribution is 2.33. The van der Waals surface area contributed by atoms with Crippen molar-refractivity contribution in [2.45, 2.75) is 25.4 Å². The first-order chi connectivity index (χ1) is 8.09. The predicted molar refractivity (Wildman–Crippen MR) is 57.3 cm³/mol. The highest BCUT2D eigenvalue weighted by molar-refractivity contribution is 5.74. The van der Waals surface area contributed by atoms with E-state index in [-0.39, 0.29) is 18.0 Å². The van der Waals surface area contributed by atoms with Gasteiger partial charge in [0.1, 0.15) is 17.7 Å². The van der Waals surface area contributed by atoms with Crippen molar-refractivity contribution in [2.75, 3.05) is 0 Å². The van der Waals surface area contributed by atoms with Crippen molar-refractivity contribution >= 4 is 5.97 Å². The lowest BCUT2D eigenvalue weighted by atomic mass is 10.1. The number of hydrogen-bond donors (Lipinski definition) is 2. The molecular formula is C12H13F2NO2. The Morgan fingerprint density at radius 3 is 2.47 bits per heavy atom. The van der Waals surface area contributed by atoms with E-state index in [9.17, 15) is 13.6 Å². The fourth-order valence-corrected chi connectivity index (χ4v) is 1.80. The highest BCUT2D eigenvalue weighted by Gasteiger charge is 2.35. The summed E-state index contributed by atoms with van der Waals surface area (Å²) in [7, 11) is 0. The monoisotopic (exact) mass is 241 g/mol. The Kier molecular flexibility index (Phi) is 3.38. The van der Waals surface area contributed by atoms with Crippen LogP contribution in [0.3, 0.4) is 0 Å². The summed E-state index contributed by atoms with van der Waals surface area (Å²) in [6.45, 7) is -0.105. The van der Waals surface area contributed by atoms with Crippen LogP contribution < -0.4 is 5.32 Å². The first-order valence-electron chi connectivity index (χ1n) is 5.48. The summed E-state index contributed by atoms with van der Waals surface area (Å²) < 4.78 is 26.6. The second-order valence-corrected chi connectivity index (χ2v) is 4.23. The molecule has 2 rings (SSSR count). The van der Waals surface area contributed by atoms with E-state index < -0.39 is 23.6 Å². The zero-order chi connectivity index (χ0) is 12.4. The van der Waals surface area contributed by atoms with Gasteiger partial charge < -0.3 is 5.11 Å². The van der Waals surface area contributed by atoms with Crippen LogP contribution in [0.1, 0.15) is 18.4 Å². The van der Waals surface area contributed by atoms with Crippen LogP contribution >= 0.6 is 0 Å². The van der Waals surface area contributed by atoms with Crippen LogP contribution in [0.5, 0.6) is 0 Å². The number of halogens is 2. The SMILES string of the molecule is O=C(O)C(NCc1c(F)cccc1F)C1CC1. The number of aliphatic carboxylic acids is 1. The summed E-state index contributed by atoms with van der Waals surface area (Å²) >= 11 is 0. The molecule has 1 unspecified atom stereocenters. The quantitative estimate of drug-likeness (QED) is 0.828. The maximum Gasteiger partial charge on any atom is 0.320 e. The van der Waals surface area contributed by atoms with E-state index in [0.717, 1.165) is 25.0 Å². The summed E-state index contributed by atoms with van der Waals surface area (Å²) in [6, 6.07) is 2.89. The van der Waals surface area contributed by atoms with Gasteiger partial charge in [-0.2, -0.15) is 0 Å². The summed E-state index contributed by atoms with van der Waals surface area (Å²) in [5.41, 5.74) is -0.112. The fourth-order valence-electron chi connectivity index (χ4n) is 1.80. The number of nitrogens with one attached hydrogen (secondary N) is 1. The molecule has 17 heavy (non-hydrogen) atoms. The molecule has 0 heterocycles. The lowest BCUT2D eigenvalue weighted by Crippen LogP contribution is -2.38. The van der Waals surface area contributed by atoms with Gasteiger partial charge in [0, 0.05) is 12.1 Å². The minimum Gasteiger partial charge on any atom is -0.480 e. The first kappa shape index (κ1) is 12.0. The van der Waals surface area contributed by atoms with Crippen molar-refractivity contribution in [3.8, 4) is 0 Å². The van der Waals surface area contributed by atoms with Crippen molar-refractivity contribution in [3.63, 3.8) is 0 Å². The lowest BCUT2D eigenvalue weighted by Gasteiger charge is -2.14. The molecule has 0 aromatic heterocycles. The molecule has 3 nitrogen and oxygen atoms in total. The van der Waals surface area contributed by atoms with E-state index >= 15 is 0 Å². The van der Waals surface area contributed by atoms with Crippen molar-refractivity contribution in [2.24, 2.45) is 5.92 Å². The number of carboxylic acids is 1. The summed E-state index contributed by atoms with van der Waals surface area (Å²) in [4.78, 5) is 10.9. The number of benzene rings is 1. The van der Waals surface area contributed by atoms with Gasteiger partial charge in [-0.05, 0) is 30.9 Å². The molecule has 1 aromatic rings. The molecule has 1 fully saturated rings. The molecule has 0 bridgehead atoms. The van der Waals surface area contributed by atoms with Gasteiger partial charge in [-0.3, -0.25) is 10.1 Å².